The third-order valence-corrected chi connectivity index (χ3v) is 2.51. The second-order valence-corrected chi connectivity index (χ2v) is 4.23. The van der Waals surface area contributed by atoms with Crippen LogP contribution >= 0.6 is 0 Å². The smallest absolute Gasteiger partial charge is 0.394 e. The Morgan fingerprint density at radius 2 is 1.24 bits per heavy atom. The summed E-state index contributed by atoms with van der Waals surface area (Å²) in [5, 5.41) is 34.8. The minimum Gasteiger partial charge on any atom is -0.394 e. The summed E-state index contributed by atoms with van der Waals surface area (Å²) in [6.07, 6.45) is -6.76. The van der Waals surface area contributed by atoms with E-state index in [1.807, 2.05) is 0 Å². The van der Waals surface area contributed by atoms with Gasteiger partial charge in [-0.05, 0) is 0 Å². The molecule has 104 valence electrons. The first-order valence-corrected chi connectivity index (χ1v) is 5.77. The summed E-state index contributed by atoms with van der Waals surface area (Å²) < 4.78 is 30.4. The Bertz CT molecular complexity index is 285. The van der Waals surface area contributed by atoms with Gasteiger partial charge in [0.1, 0.15) is 12.2 Å². The molecule has 0 heterocycles. The zero-order valence-electron chi connectivity index (χ0n) is 8.71. The largest absolute Gasteiger partial charge is 0.403 e. The average Bonchev–Trinajstić information content (AvgIpc) is 2.25. The number of aliphatic hydroxyl groups is 4. The number of rotatable bonds is 8. The van der Waals surface area contributed by atoms with Gasteiger partial charge >= 0.3 is 10.4 Å². The lowest BCUT2D eigenvalue weighted by Crippen LogP contribution is -2.45. The molecule has 2 unspecified atom stereocenters. The molecule has 0 aromatic rings. The van der Waals surface area contributed by atoms with Gasteiger partial charge in [0.05, 0.1) is 13.2 Å². The summed E-state index contributed by atoms with van der Waals surface area (Å²) in [6.45, 7) is -1.63. The van der Waals surface area contributed by atoms with E-state index in [0.717, 1.165) is 0 Å². The Balaban J connectivity index is 4.39. The highest BCUT2D eigenvalue weighted by molar-refractivity contribution is 7.81. The Labute approximate surface area is 97.7 Å². The molecule has 0 saturated heterocycles. The first-order chi connectivity index (χ1) is 7.73. The van der Waals surface area contributed by atoms with E-state index in [1.54, 1.807) is 0 Å². The maximum Gasteiger partial charge on any atom is 0.403 e. The molecule has 11 heteroatoms. The van der Waals surface area contributed by atoms with Gasteiger partial charge in [0.25, 0.3) is 0 Å². The maximum absolute atomic E-state index is 11.1. The molecule has 0 aliphatic heterocycles. The van der Waals surface area contributed by atoms with E-state index in [0.29, 0.717) is 0 Å². The highest BCUT2D eigenvalue weighted by atomic mass is 32.3. The lowest BCUT2D eigenvalue weighted by Gasteiger charge is -2.20. The van der Waals surface area contributed by atoms with Gasteiger partial charge in [-0.1, -0.05) is 0 Å². The van der Waals surface area contributed by atoms with E-state index in [9.17, 15) is 8.42 Å². The second-order valence-electron chi connectivity index (χ2n) is 3.03. The van der Waals surface area contributed by atoms with Crippen LogP contribution in [0.1, 0.15) is 0 Å². The van der Waals surface area contributed by atoms with Crippen molar-refractivity contribution in [2.45, 2.75) is 24.7 Å². The quantitative estimate of drug-likeness (QED) is 0.236. The first kappa shape index (κ1) is 16.6. The molecule has 0 aliphatic carbocycles. The molecule has 4 atom stereocenters. The van der Waals surface area contributed by atoms with Crippen molar-refractivity contribution >= 4 is 10.4 Å². The van der Waals surface area contributed by atoms with Crippen molar-refractivity contribution in [3.8, 4) is 0 Å². The Morgan fingerprint density at radius 1 is 0.941 bits per heavy atom. The minimum atomic E-state index is -4.68. The Kier molecular flexibility index (Phi) is 6.99. The van der Waals surface area contributed by atoms with E-state index in [4.69, 9.17) is 31.9 Å². The predicted molar refractivity (Wildman–Crippen MR) is 53.2 cm³/mol. The fourth-order valence-electron chi connectivity index (χ4n) is 0.631. The minimum absolute atomic E-state index is 0.817. The van der Waals surface area contributed by atoms with E-state index >= 15 is 0 Å². The van der Waals surface area contributed by atoms with Crippen LogP contribution in [0.3, 0.4) is 0 Å². The summed E-state index contributed by atoms with van der Waals surface area (Å²) >= 11 is 0. The highest BCUT2D eigenvalue weighted by Crippen LogP contribution is 2.05. The zero-order chi connectivity index (χ0) is 13.6. The molecule has 0 bridgehead atoms. The van der Waals surface area contributed by atoms with Gasteiger partial charge in [-0.15, -0.1) is 0 Å². The molecule has 0 aliphatic rings. The van der Waals surface area contributed by atoms with Crippen LogP contribution in [0.15, 0.2) is 0 Å². The van der Waals surface area contributed by atoms with Crippen LogP contribution < -0.4 is 11.5 Å². The standard InChI is InChI=1S/C6H16N2O8S/c7-5(3(11)1-9)15-17(13,14)16-6(8)4(12)2-10/h3-6,9-12H,1-2,7-8H2/t3-,4-,5?,6?/m1/s1. The van der Waals surface area contributed by atoms with Gasteiger partial charge in [0, 0.05) is 0 Å². The average molecular weight is 276 g/mol. The Hall–Kier alpha value is -0.370. The number of hydrogen-bond donors (Lipinski definition) is 6. The molecule has 0 aromatic carbocycles. The van der Waals surface area contributed by atoms with Crippen LogP contribution in [0.4, 0.5) is 0 Å². The summed E-state index contributed by atoms with van der Waals surface area (Å²) in [4.78, 5) is 0. The lowest BCUT2D eigenvalue weighted by molar-refractivity contribution is -0.0249. The highest BCUT2D eigenvalue weighted by Gasteiger charge is 2.27. The van der Waals surface area contributed by atoms with Gasteiger partial charge < -0.3 is 31.9 Å². The third kappa shape index (κ3) is 6.21. The van der Waals surface area contributed by atoms with Gasteiger partial charge in [0.2, 0.25) is 0 Å². The predicted octanol–water partition coefficient (Wildman–Crippen LogP) is -4.46. The molecule has 17 heavy (non-hydrogen) atoms. The number of nitrogens with two attached hydrogens (primary N) is 2. The molecule has 8 N–H and O–H groups in total. The molecule has 0 saturated carbocycles. The zero-order valence-corrected chi connectivity index (χ0v) is 9.52. The van der Waals surface area contributed by atoms with Crippen LogP contribution in [0.2, 0.25) is 0 Å². The molecule has 0 rings (SSSR count). The maximum atomic E-state index is 11.1. The van der Waals surface area contributed by atoms with Gasteiger partial charge in [-0.25, -0.2) is 8.37 Å². The third-order valence-electron chi connectivity index (χ3n) is 1.59. The van der Waals surface area contributed by atoms with Crippen molar-refractivity contribution in [1.29, 1.82) is 0 Å². The van der Waals surface area contributed by atoms with Gasteiger partial charge in [0.15, 0.2) is 12.5 Å². The molecule has 10 nitrogen and oxygen atoms in total. The summed E-state index contributed by atoms with van der Waals surface area (Å²) in [5.41, 5.74) is 10.1. The van der Waals surface area contributed by atoms with Crippen molar-refractivity contribution in [2.75, 3.05) is 13.2 Å². The van der Waals surface area contributed by atoms with Crippen molar-refractivity contribution in [3.63, 3.8) is 0 Å². The van der Waals surface area contributed by atoms with E-state index in [2.05, 4.69) is 8.37 Å². The molecule has 0 aromatic heterocycles. The summed E-state index contributed by atoms with van der Waals surface area (Å²) in [6, 6.07) is 0. The summed E-state index contributed by atoms with van der Waals surface area (Å²) in [7, 11) is -4.68. The topological polar surface area (TPSA) is 186 Å². The molecule has 0 amide bonds. The molecule has 0 radical (unpaired) electrons. The van der Waals surface area contributed by atoms with Crippen LogP contribution in [0, 0.1) is 0 Å². The number of hydrogen-bond acceptors (Lipinski definition) is 10. The molecular formula is C6H16N2O8S. The fourth-order valence-corrected chi connectivity index (χ4v) is 1.48. The number of aliphatic hydroxyl groups excluding tert-OH is 4. The van der Waals surface area contributed by atoms with E-state index in [-0.39, 0.29) is 0 Å². The van der Waals surface area contributed by atoms with Crippen molar-refractivity contribution < 1.29 is 37.2 Å². The first-order valence-electron chi connectivity index (χ1n) is 4.44. The van der Waals surface area contributed by atoms with Crippen molar-refractivity contribution in [3.05, 3.63) is 0 Å². The fraction of sp³-hybridized carbons (Fsp3) is 1.00. The van der Waals surface area contributed by atoms with Crippen LogP contribution in [-0.2, 0) is 18.8 Å². The van der Waals surface area contributed by atoms with E-state index in [1.165, 1.54) is 0 Å². The monoisotopic (exact) mass is 276 g/mol. The van der Waals surface area contributed by atoms with Crippen LogP contribution in [0.25, 0.3) is 0 Å². The molecular weight excluding hydrogens is 260 g/mol. The normalized spacial score (nSPS) is 19.6. The van der Waals surface area contributed by atoms with E-state index < -0.39 is 48.3 Å². The molecule has 0 fully saturated rings. The van der Waals surface area contributed by atoms with Crippen LogP contribution in [-0.4, -0.2) is 66.7 Å². The van der Waals surface area contributed by atoms with Crippen LogP contribution in [0.5, 0.6) is 0 Å². The van der Waals surface area contributed by atoms with Crippen molar-refractivity contribution in [2.24, 2.45) is 11.5 Å². The van der Waals surface area contributed by atoms with Gasteiger partial charge in [-0.3, -0.25) is 0 Å². The lowest BCUT2D eigenvalue weighted by atomic mass is 10.3. The molecule has 0 spiro atoms. The van der Waals surface area contributed by atoms with Crippen molar-refractivity contribution in [1.82, 2.24) is 0 Å². The SMILES string of the molecule is NC(OS(=O)(=O)OC(N)[C@H](O)CO)[C@H](O)CO. The summed E-state index contributed by atoms with van der Waals surface area (Å²) in [5.74, 6) is 0. The second kappa shape index (κ2) is 7.15. The Morgan fingerprint density at radius 3 is 1.47 bits per heavy atom. The van der Waals surface area contributed by atoms with Gasteiger partial charge in [-0.2, -0.15) is 8.42 Å².